The fourth-order valence-corrected chi connectivity index (χ4v) is 0. The Hall–Kier alpha value is -4.17. The molecule has 318 valence electrons. The average Bonchev–Trinajstić information content (AvgIpc) is 2.87. The van der Waals surface area contributed by atoms with E-state index in [0.29, 0.717) is 0 Å². The van der Waals surface area contributed by atoms with E-state index in [1.165, 1.54) is 83.1 Å². The number of rotatable bonds is 0. The molecule has 0 atom stereocenters. The van der Waals surface area contributed by atoms with Gasteiger partial charge in [-0.25, -0.2) is 55.9 Å². The second-order valence-corrected chi connectivity index (χ2v) is 6.08. The number of halogens is 3. The van der Waals surface area contributed by atoms with Crippen molar-refractivity contribution in [3.8, 4) is 72.8 Å². The van der Waals surface area contributed by atoms with Crippen LogP contribution in [0.1, 0.15) is 83.1 Å². The van der Waals surface area contributed by atoms with Crippen molar-refractivity contribution in [2.45, 2.75) is 83.1 Å². The number of nitrogens with zero attached hydrogens (tertiary/aromatic N) is 12. The molecular weight excluding hydrogens is 945 g/mol. The summed E-state index contributed by atoms with van der Waals surface area (Å²) < 4.78 is 102. The smallest absolute Gasteiger partial charge is 0.222 e. The van der Waals surface area contributed by atoms with Crippen LogP contribution >= 0.6 is 0 Å². The molecule has 30 heteroatoms. The van der Waals surface area contributed by atoms with E-state index in [-0.39, 0.29) is 51.2 Å². The molecule has 0 spiro atoms. The first-order valence-corrected chi connectivity index (χ1v) is 14.2. The van der Waals surface area contributed by atoms with Gasteiger partial charge in [0.2, 0.25) is 0 Å². The van der Waals surface area contributed by atoms with Crippen LogP contribution in [0, 0.1) is 167 Å². The zero-order valence-corrected chi connectivity index (χ0v) is 35.4. The third kappa shape index (κ3) is 6030. The number of hydrogen-bond acceptors (Lipinski definition) is 24. The molecule has 0 aromatic rings. The summed E-state index contributed by atoms with van der Waals surface area (Å²) in [6.45, 7) is 17.2. The molecule has 0 unspecified atom stereocenters. The maximum atomic E-state index is 8.49. The van der Waals surface area contributed by atoms with Crippen LogP contribution in [0.25, 0.3) is 0 Å². The number of nitriles is 12. The number of hydrogen-bond donors (Lipinski definition) is 0. The second-order valence-electron chi connectivity index (χ2n) is 3.82. The summed E-state index contributed by atoms with van der Waals surface area (Å²) in [6.07, 6.45) is 0. The summed E-state index contributed by atoms with van der Waals surface area (Å²) >= 11 is 0. The van der Waals surface area contributed by atoms with E-state index in [9.17, 15) is 0 Å². The summed E-state index contributed by atoms with van der Waals surface area (Å²) in [5, 5.41) is 87.8. The van der Waals surface area contributed by atoms with Gasteiger partial charge in [0.05, 0.1) is 72.8 Å². The average molecular weight is 982 g/mol. The van der Waals surface area contributed by atoms with E-state index >= 15 is 0 Å². The fourth-order valence-electron chi connectivity index (χ4n) is 0. The van der Waals surface area contributed by atoms with Crippen LogP contribution in [0.15, 0.2) is 0 Å². The molecule has 0 aliphatic rings. The Morgan fingerprint density at radius 2 is 0.204 bits per heavy atom. The van der Waals surface area contributed by atoms with E-state index in [2.05, 4.69) is 0 Å². The standard InChI is InChI=1S/12C2H3N.3ClHO4.3Cu/c12*1-2-3;3*2-1(3,4)5;;;/h12*1H3;3*(H,2,3,4,5);;;/q;;;;;;;;;;;;;;;3*+1/p-3. The Morgan fingerprint density at radius 3 is 0.204 bits per heavy atom. The third-order valence-corrected chi connectivity index (χ3v) is 0. The van der Waals surface area contributed by atoms with Crippen molar-refractivity contribution in [1.29, 1.82) is 63.1 Å². The van der Waals surface area contributed by atoms with E-state index in [1.807, 2.05) is 0 Å². The molecule has 0 aromatic carbocycles. The molecule has 0 N–H and O–H groups in total. The van der Waals surface area contributed by atoms with Gasteiger partial charge < -0.3 is 0 Å². The van der Waals surface area contributed by atoms with Crippen LogP contribution in [0.4, 0.5) is 0 Å². The largest absolute Gasteiger partial charge is 1.00 e. The zero-order valence-electron chi connectivity index (χ0n) is 30.3. The normalized spacial score (nSPS) is 5.11. The molecule has 0 fully saturated rings. The molecule has 0 saturated heterocycles. The van der Waals surface area contributed by atoms with Gasteiger partial charge in [-0.1, -0.05) is 0 Å². The molecule has 54 heavy (non-hydrogen) atoms. The second kappa shape index (κ2) is 167. The van der Waals surface area contributed by atoms with E-state index < -0.39 is 30.7 Å². The van der Waals surface area contributed by atoms with E-state index in [4.69, 9.17) is 119 Å². The maximum Gasteiger partial charge on any atom is 1.00 e. The molecular formula is C24H36Cl3Cu3N12O12. The van der Waals surface area contributed by atoms with Crippen molar-refractivity contribution in [2.75, 3.05) is 0 Å². The van der Waals surface area contributed by atoms with Gasteiger partial charge in [-0.3, -0.25) is 0 Å². The maximum absolute atomic E-state index is 8.49. The van der Waals surface area contributed by atoms with Gasteiger partial charge in [-0.2, -0.15) is 63.1 Å². The predicted octanol–water partition coefficient (Wildman–Crippen LogP) is -7.92. The van der Waals surface area contributed by atoms with Gasteiger partial charge in [0.1, 0.15) is 0 Å². The van der Waals surface area contributed by atoms with Crippen molar-refractivity contribution in [3.63, 3.8) is 0 Å². The third-order valence-electron chi connectivity index (χ3n) is 0. The summed E-state index contributed by atoms with van der Waals surface area (Å²) in [5.74, 6) is 0. The minimum Gasteiger partial charge on any atom is -0.222 e. The van der Waals surface area contributed by atoms with Gasteiger partial charge in [0, 0.05) is 83.1 Å². The molecule has 0 rings (SSSR count). The SMILES string of the molecule is CC#N.CC#N.CC#N.CC#N.CC#N.CC#N.CC#N.CC#N.CC#N.CC#N.CC#N.CC#N.[Cu+].[Cu+].[Cu+].[O-][Cl+3]([O-])([O-])[O-].[O-][Cl+3]([O-])([O-])[O-].[O-][Cl+3]([O-])([O-])[O-]. The Morgan fingerprint density at radius 1 is 0.204 bits per heavy atom. The topological polar surface area (TPSA) is 562 Å². The first kappa shape index (κ1) is 117. The Labute approximate surface area is 355 Å². The van der Waals surface area contributed by atoms with E-state index in [1.54, 1.807) is 72.8 Å². The van der Waals surface area contributed by atoms with Crippen LogP contribution in [-0.2, 0) is 51.2 Å². The minimum absolute atomic E-state index is 0. The Balaban J connectivity index is -0.0000000161. The first-order chi connectivity index (χ1) is 23.0. The molecule has 0 aromatic heterocycles. The predicted molar refractivity (Wildman–Crippen MR) is 135 cm³/mol. The molecule has 0 heterocycles. The fraction of sp³-hybridized carbons (Fsp3) is 0.500. The summed E-state index contributed by atoms with van der Waals surface area (Å²) in [5.41, 5.74) is 0. The van der Waals surface area contributed by atoms with E-state index in [0.717, 1.165) is 0 Å². The monoisotopic (exact) mass is 978 g/mol. The van der Waals surface area contributed by atoms with Crippen LogP contribution in [0.3, 0.4) is 0 Å². The minimum atomic E-state index is -4.94. The first-order valence-electron chi connectivity index (χ1n) is 10.5. The summed E-state index contributed by atoms with van der Waals surface area (Å²) in [6, 6.07) is 21.0. The van der Waals surface area contributed by atoms with Crippen LogP contribution in [0.5, 0.6) is 0 Å². The summed E-state index contributed by atoms with van der Waals surface area (Å²) in [7, 11) is -14.8. The van der Waals surface area contributed by atoms with Gasteiger partial charge in [-0.05, 0) is 0 Å². The van der Waals surface area contributed by atoms with Crippen molar-refractivity contribution < 1.29 is 138 Å². The van der Waals surface area contributed by atoms with Crippen LogP contribution in [0.2, 0.25) is 0 Å². The Kier molecular flexibility index (Phi) is 364. The molecule has 0 aliphatic carbocycles. The van der Waals surface area contributed by atoms with Gasteiger partial charge in [-0.15, -0.1) is 30.7 Å². The zero-order chi connectivity index (χ0) is 46.0. The molecule has 0 bridgehead atoms. The summed E-state index contributed by atoms with van der Waals surface area (Å²) in [4.78, 5) is 0. The van der Waals surface area contributed by atoms with Crippen molar-refractivity contribution in [1.82, 2.24) is 0 Å². The van der Waals surface area contributed by atoms with Crippen molar-refractivity contribution in [3.05, 3.63) is 0 Å². The molecule has 0 aliphatic heterocycles. The molecule has 0 radical (unpaired) electrons. The van der Waals surface area contributed by atoms with Gasteiger partial charge in [0.25, 0.3) is 0 Å². The quantitative estimate of drug-likeness (QED) is 0.203. The Bertz CT molecular complexity index is 826. The van der Waals surface area contributed by atoms with Crippen LogP contribution in [-0.4, -0.2) is 0 Å². The molecule has 0 saturated carbocycles. The van der Waals surface area contributed by atoms with Crippen molar-refractivity contribution in [2.24, 2.45) is 0 Å². The van der Waals surface area contributed by atoms with Gasteiger partial charge in [0.15, 0.2) is 0 Å². The molecule has 0 amide bonds. The molecule has 24 nitrogen and oxygen atoms in total. The van der Waals surface area contributed by atoms with Crippen molar-refractivity contribution >= 4 is 0 Å². The van der Waals surface area contributed by atoms with Crippen LogP contribution < -0.4 is 55.9 Å². The van der Waals surface area contributed by atoms with Gasteiger partial charge >= 0.3 is 51.2 Å².